The molecule has 0 bridgehead atoms. The van der Waals surface area contributed by atoms with Crippen molar-refractivity contribution in [2.24, 2.45) is 0 Å². The molecule has 0 aliphatic carbocycles. The van der Waals surface area contributed by atoms with Gasteiger partial charge in [-0.2, -0.15) is 0 Å². The number of hydrogen-bond donors (Lipinski definition) is 0. The molecule has 3 heterocycles. The van der Waals surface area contributed by atoms with Gasteiger partial charge in [-0.15, -0.1) is 53.6 Å². The molecule has 0 aliphatic rings. The Balaban J connectivity index is 0.000000238. The van der Waals surface area contributed by atoms with E-state index >= 15 is 0 Å². The van der Waals surface area contributed by atoms with Crippen LogP contribution in [0, 0.1) is 25.8 Å². The number of aromatic nitrogens is 4. The van der Waals surface area contributed by atoms with E-state index in [9.17, 15) is 0 Å². The van der Waals surface area contributed by atoms with E-state index in [2.05, 4.69) is 200 Å². The first-order valence-corrected chi connectivity index (χ1v) is 24.6. The summed E-state index contributed by atoms with van der Waals surface area (Å²) in [6.07, 6.45) is 1.32. The zero-order chi connectivity index (χ0) is 54.8. The van der Waals surface area contributed by atoms with Gasteiger partial charge in [-0.1, -0.05) is 163 Å². The summed E-state index contributed by atoms with van der Waals surface area (Å²) in [4.78, 5) is 13.9. The Morgan fingerprint density at radius 2 is 1.32 bits per heavy atom. The molecule has 9 aromatic carbocycles. The Bertz CT molecular complexity index is 4200. The van der Waals surface area contributed by atoms with E-state index in [1.165, 1.54) is 78.9 Å². The van der Waals surface area contributed by atoms with Crippen LogP contribution in [0.5, 0.6) is 0 Å². The Morgan fingerprint density at radius 1 is 0.603 bits per heavy atom. The second kappa shape index (κ2) is 19.8. The number of aryl methyl sites for hydroxylation is 2. The zero-order valence-electron chi connectivity index (χ0n) is 47.9. The van der Waals surface area contributed by atoms with Crippen molar-refractivity contribution < 1.29 is 32.7 Å². The molecule has 0 saturated carbocycles. The fourth-order valence-corrected chi connectivity index (χ4v) is 9.97. The van der Waals surface area contributed by atoms with Crippen molar-refractivity contribution in [3.05, 3.63) is 216 Å². The van der Waals surface area contributed by atoms with Crippen LogP contribution in [-0.4, -0.2) is 19.5 Å². The SMILES string of the molecule is CC(C)c1cc(-c2cccc(-c3ccccc3)c2)cc(C(C)C)c1-n1c(-c2[c-]ccc3c2oc2cc4c(ccc5ccccc54)cc23)nc2ccccc21.[2H]C([2H])([2H])c1c[c-]c(-c2ncc(C([2H])([2H])[2H])c(C(C)(C)C)n2)cc1.[Ir]. The number of rotatable bonds is 7. The fourth-order valence-electron chi connectivity index (χ4n) is 9.97. The van der Waals surface area contributed by atoms with Crippen molar-refractivity contribution >= 4 is 54.5 Å². The van der Waals surface area contributed by atoms with Gasteiger partial charge in [0.05, 0.1) is 28.3 Å². The Morgan fingerprint density at radius 3 is 2.04 bits per heavy atom. The van der Waals surface area contributed by atoms with E-state index in [0.29, 0.717) is 17.1 Å². The average Bonchev–Trinajstić information content (AvgIpc) is 4.23. The largest absolute Gasteiger partial charge is 0.501 e. The van der Waals surface area contributed by atoms with Gasteiger partial charge in [0.2, 0.25) is 0 Å². The smallest absolute Gasteiger partial charge is 0.121 e. The summed E-state index contributed by atoms with van der Waals surface area (Å²) < 4.78 is 54.3. The third-order valence-electron chi connectivity index (χ3n) is 13.6. The quantitative estimate of drug-likeness (QED) is 0.118. The van der Waals surface area contributed by atoms with Crippen molar-refractivity contribution in [3.8, 4) is 50.7 Å². The maximum atomic E-state index is 7.65. The number of benzene rings is 9. The summed E-state index contributed by atoms with van der Waals surface area (Å²) in [5.74, 6) is 1.65. The number of para-hydroxylation sites is 2. The maximum absolute atomic E-state index is 7.65. The van der Waals surface area contributed by atoms with Gasteiger partial charge in [-0.3, -0.25) is 15.0 Å². The first kappa shape index (κ1) is 42.0. The predicted molar refractivity (Wildman–Crippen MR) is 301 cm³/mol. The second-order valence-electron chi connectivity index (χ2n) is 20.3. The minimum Gasteiger partial charge on any atom is -0.501 e. The van der Waals surface area contributed by atoms with Crippen LogP contribution < -0.4 is 0 Å². The minimum absolute atomic E-state index is 0. The van der Waals surface area contributed by atoms with Gasteiger partial charge in [-0.25, -0.2) is 0 Å². The molecular formula is C67H58IrN4O-2. The molecule has 12 aromatic rings. The van der Waals surface area contributed by atoms with Crippen LogP contribution in [0.4, 0.5) is 0 Å². The molecule has 3 aromatic heterocycles. The Kier molecular flexibility index (Phi) is 11.4. The molecule has 363 valence electrons. The summed E-state index contributed by atoms with van der Waals surface area (Å²) in [5.41, 5.74) is 13.9. The van der Waals surface area contributed by atoms with E-state index in [0.717, 1.165) is 44.4 Å². The molecule has 73 heavy (non-hydrogen) atoms. The van der Waals surface area contributed by atoms with Crippen molar-refractivity contribution in [1.29, 1.82) is 0 Å². The molecule has 12 rings (SSSR count). The minimum atomic E-state index is -2.30. The van der Waals surface area contributed by atoms with Crippen LogP contribution in [0.3, 0.4) is 0 Å². The number of nitrogens with zero attached hydrogens (tertiary/aromatic N) is 4. The van der Waals surface area contributed by atoms with Crippen LogP contribution in [0.25, 0.3) is 105 Å². The molecule has 0 fully saturated rings. The van der Waals surface area contributed by atoms with Crippen LogP contribution in [0.2, 0.25) is 0 Å². The Labute approximate surface area is 450 Å². The molecule has 0 aliphatic heterocycles. The normalized spacial score (nSPS) is 13.3. The van der Waals surface area contributed by atoms with Crippen LogP contribution in [0.15, 0.2) is 180 Å². The number of imidazole rings is 1. The summed E-state index contributed by atoms with van der Waals surface area (Å²) in [6, 6.07) is 65.4. The third-order valence-corrected chi connectivity index (χ3v) is 13.6. The first-order chi connectivity index (χ1) is 37.2. The monoisotopic (exact) mass is 1130 g/mol. The maximum Gasteiger partial charge on any atom is 0.121 e. The average molecular weight is 1130 g/mol. The van der Waals surface area contributed by atoms with E-state index < -0.39 is 19.1 Å². The van der Waals surface area contributed by atoms with Gasteiger partial charge in [0, 0.05) is 56.7 Å². The summed E-state index contributed by atoms with van der Waals surface area (Å²) in [7, 11) is 0. The molecule has 0 amide bonds. The summed E-state index contributed by atoms with van der Waals surface area (Å²) in [6.45, 7) is 10.4. The van der Waals surface area contributed by atoms with Gasteiger partial charge >= 0.3 is 0 Å². The zero-order valence-corrected chi connectivity index (χ0v) is 44.3. The number of hydrogen-bond acceptors (Lipinski definition) is 4. The molecule has 0 saturated heterocycles. The standard InChI is InChI=1S/C51H39N2O.C16H19N2.Ir/c1-31(2)42-28-38(36-18-12-17-35(26-36)33-14-6-5-7-15-33)29-43(32(3)4)49(42)53-47-23-11-10-22-46(47)52-51(53)41-21-13-20-40-45-27-37-25-24-34-16-8-9-19-39(34)44(37)30-48(45)54-50(40)41;1-11-6-8-13(9-7-11)15-17-10-12(2)14(18-15)16(3,4)5;/h5-20,22-32H,1-4H3;6-8,10H,1-5H3;/q2*-1;/i;1D3,2D3;. The molecule has 6 heteroatoms. The van der Waals surface area contributed by atoms with E-state index in [1.54, 1.807) is 6.07 Å². The van der Waals surface area contributed by atoms with Gasteiger partial charge < -0.3 is 8.98 Å². The molecule has 0 N–H and O–H groups in total. The molecule has 0 atom stereocenters. The molecule has 1 radical (unpaired) electrons. The molecule has 0 spiro atoms. The van der Waals surface area contributed by atoms with Gasteiger partial charge in [0.15, 0.2) is 0 Å². The van der Waals surface area contributed by atoms with Crippen LogP contribution >= 0.6 is 0 Å². The Hall–Kier alpha value is -7.50. The summed E-state index contributed by atoms with van der Waals surface area (Å²) in [5, 5.41) is 6.99. The predicted octanol–water partition coefficient (Wildman–Crippen LogP) is 18.1. The molecule has 0 unspecified atom stereocenters. The number of furan rings is 1. The van der Waals surface area contributed by atoms with Crippen LogP contribution in [0.1, 0.15) is 96.5 Å². The number of fused-ring (bicyclic) bond motifs is 7. The fraction of sp³-hybridized carbons (Fsp3) is 0.179. The van der Waals surface area contributed by atoms with Gasteiger partial charge in [0.25, 0.3) is 0 Å². The van der Waals surface area contributed by atoms with Crippen LogP contribution in [-0.2, 0) is 25.5 Å². The van der Waals surface area contributed by atoms with Crippen molar-refractivity contribution in [1.82, 2.24) is 19.5 Å². The van der Waals surface area contributed by atoms with Crippen molar-refractivity contribution in [2.75, 3.05) is 0 Å². The van der Waals surface area contributed by atoms with E-state index in [4.69, 9.17) is 17.6 Å². The van der Waals surface area contributed by atoms with Crippen molar-refractivity contribution in [3.63, 3.8) is 0 Å². The topological polar surface area (TPSA) is 56.7 Å². The third kappa shape index (κ3) is 9.31. The molecule has 5 nitrogen and oxygen atoms in total. The second-order valence-corrected chi connectivity index (χ2v) is 20.3. The van der Waals surface area contributed by atoms with E-state index in [-0.39, 0.29) is 43.1 Å². The van der Waals surface area contributed by atoms with E-state index in [1.807, 2.05) is 26.8 Å². The van der Waals surface area contributed by atoms with Gasteiger partial charge in [0.1, 0.15) is 5.58 Å². The molecular weight excluding hydrogens is 1070 g/mol. The summed E-state index contributed by atoms with van der Waals surface area (Å²) >= 11 is 0. The van der Waals surface area contributed by atoms with Crippen molar-refractivity contribution in [2.45, 2.75) is 79.4 Å². The first-order valence-electron chi connectivity index (χ1n) is 27.6. The van der Waals surface area contributed by atoms with Gasteiger partial charge in [-0.05, 0) is 122 Å².